The molecule has 1 aliphatic rings. The first-order valence-electron chi connectivity index (χ1n) is 5.66. The maximum atomic E-state index is 9.06. The zero-order chi connectivity index (χ0) is 11.1. The second kappa shape index (κ2) is 3.82. The fourth-order valence-corrected chi connectivity index (χ4v) is 3.77. The van der Waals surface area contributed by atoms with Crippen molar-refractivity contribution in [3.8, 4) is 0 Å². The number of hydrogen-bond donors (Lipinski definition) is 1. The largest absolute Gasteiger partial charge is 0.396 e. The van der Waals surface area contributed by atoms with Gasteiger partial charge in [-0.25, -0.2) is 0 Å². The quantitative estimate of drug-likeness (QED) is 0.863. The molecule has 3 rings (SSSR count). The number of aromatic nitrogens is 1. The molecule has 0 saturated heterocycles. The Bertz CT molecular complexity index is 532. The predicted molar refractivity (Wildman–Crippen MR) is 68.0 cm³/mol. The molecule has 84 valence electrons. The third kappa shape index (κ3) is 1.46. The molecule has 0 aliphatic carbocycles. The van der Waals surface area contributed by atoms with E-state index in [-0.39, 0.29) is 6.61 Å². The lowest BCUT2D eigenvalue weighted by Crippen LogP contribution is -2.19. The summed E-state index contributed by atoms with van der Waals surface area (Å²) in [7, 11) is 0. The van der Waals surface area contributed by atoms with E-state index in [1.807, 2.05) is 11.8 Å². The van der Waals surface area contributed by atoms with E-state index in [1.165, 1.54) is 21.5 Å². The molecule has 0 saturated carbocycles. The first kappa shape index (κ1) is 10.2. The van der Waals surface area contributed by atoms with Gasteiger partial charge in [0, 0.05) is 34.4 Å². The zero-order valence-corrected chi connectivity index (χ0v) is 10.1. The van der Waals surface area contributed by atoms with Crippen LogP contribution in [0.5, 0.6) is 0 Å². The number of aliphatic hydroxyl groups excluding tert-OH is 1. The maximum Gasteiger partial charge on any atom is 0.0621 e. The first-order chi connectivity index (χ1) is 7.79. The summed E-state index contributed by atoms with van der Waals surface area (Å²) < 4.78 is 2.39. The zero-order valence-electron chi connectivity index (χ0n) is 9.31. The molecule has 2 heterocycles. The van der Waals surface area contributed by atoms with Crippen LogP contribution in [0.4, 0.5) is 0 Å². The lowest BCUT2D eigenvalue weighted by atomic mass is 10.2. The summed E-state index contributed by atoms with van der Waals surface area (Å²) in [6, 6.07) is 8.73. The number of rotatable bonds is 2. The molecule has 0 fully saturated rings. The van der Waals surface area contributed by atoms with Gasteiger partial charge >= 0.3 is 0 Å². The second-order valence-electron chi connectivity index (χ2n) is 4.34. The van der Waals surface area contributed by atoms with Gasteiger partial charge in [-0.3, -0.25) is 0 Å². The molecule has 3 heteroatoms. The number of thioether (sulfide) groups is 1. The standard InChI is InChI=1S/C13H15NOS/c1-9-7-10-3-2-4-12-13(10)14(9)8-11(16-12)5-6-15/h2-4,7,11,15H,5-6,8H2,1H3. The van der Waals surface area contributed by atoms with Crippen molar-refractivity contribution in [2.75, 3.05) is 6.61 Å². The third-order valence-corrected chi connectivity index (χ3v) is 4.52. The van der Waals surface area contributed by atoms with Crippen LogP contribution in [0.25, 0.3) is 10.9 Å². The maximum absolute atomic E-state index is 9.06. The molecular weight excluding hydrogens is 218 g/mol. The number of benzene rings is 1. The van der Waals surface area contributed by atoms with Gasteiger partial charge in [0.15, 0.2) is 0 Å². The Morgan fingerprint density at radius 1 is 1.50 bits per heavy atom. The van der Waals surface area contributed by atoms with E-state index < -0.39 is 0 Å². The summed E-state index contributed by atoms with van der Waals surface area (Å²) in [5.74, 6) is 0. The van der Waals surface area contributed by atoms with E-state index in [9.17, 15) is 0 Å². The molecule has 0 spiro atoms. The van der Waals surface area contributed by atoms with Gasteiger partial charge in [0.2, 0.25) is 0 Å². The van der Waals surface area contributed by atoms with Crippen molar-refractivity contribution < 1.29 is 5.11 Å². The van der Waals surface area contributed by atoms with Crippen LogP contribution in [-0.4, -0.2) is 21.5 Å². The second-order valence-corrected chi connectivity index (χ2v) is 5.68. The molecular formula is C13H15NOS. The highest BCUT2D eigenvalue weighted by Crippen LogP contribution is 2.38. The van der Waals surface area contributed by atoms with Crippen molar-refractivity contribution in [2.45, 2.75) is 30.0 Å². The van der Waals surface area contributed by atoms with Crippen LogP contribution in [0, 0.1) is 6.92 Å². The van der Waals surface area contributed by atoms with E-state index in [2.05, 4.69) is 35.8 Å². The van der Waals surface area contributed by atoms with Crippen molar-refractivity contribution in [3.05, 3.63) is 30.0 Å². The minimum Gasteiger partial charge on any atom is -0.396 e. The van der Waals surface area contributed by atoms with Crippen molar-refractivity contribution >= 4 is 22.7 Å². The Labute approximate surface area is 99.3 Å². The van der Waals surface area contributed by atoms with Crippen molar-refractivity contribution in [1.29, 1.82) is 0 Å². The number of para-hydroxylation sites is 1. The topological polar surface area (TPSA) is 25.2 Å². The van der Waals surface area contributed by atoms with Gasteiger partial charge in [-0.1, -0.05) is 12.1 Å². The Morgan fingerprint density at radius 2 is 2.38 bits per heavy atom. The summed E-state index contributed by atoms with van der Waals surface area (Å²) in [6.45, 7) is 3.47. The first-order valence-corrected chi connectivity index (χ1v) is 6.54. The van der Waals surface area contributed by atoms with Crippen LogP contribution in [0.2, 0.25) is 0 Å². The Balaban J connectivity index is 2.14. The molecule has 1 atom stereocenters. The van der Waals surface area contributed by atoms with Crippen LogP contribution in [-0.2, 0) is 6.54 Å². The highest BCUT2D eigenvalue weighted by molar-refractivity contribution is 8.00. The monoisotopic (exact) mass is 233 g/mol. The molecule has 1 N–H and O–H groups in total. The average Bonchev–Trinajstić information content (AvgIpc) is 2.58. The van der Waals surface area contributed by atoms with Gasteiger partial charge < -0.3 is 9.67 Å². The lowest BCUT2D eigenvalue weighted by Gasteiger charge is -2.24. The van der Waals surface area contributed by atoms with Gasteiger partial charge in [0.05, 0.1) is 5.52 Å². The molecule has 1 aliphatic heterocycles. The van der Waals surface area contributed by atoms with Gasteiger partial charge in [-0.15, -0.1) is 11.8 Å². The van der Waals surface area contributed by atoms with Crippen LogP contribution in [0.3, 0.4) is 0 Å². The molecule has 1 unspecified atom stereocenters. The number of aryl methyl sites for hydroxylation is 1. The van der Waals surface area contributed by atoms with Crippen LogP contribution >= 0.6 is 11.8 Å². The fraction of sp³-hybridized carbons (Fsp3) is 0.385. The SMILES string of the molecule is Cc1cc2cccc3c2n1CC(CCO)S3. The number of nitrogens with zero attached hydrogens (tertiary/aromatic N) is 1. The summed E-state index contributed by atoms with van der Waals surface area (Å²) >= 11 is 1.91. The highest BCUT2D eigenvalue weighted by atomic mass is 32.2. The molecule has 0 bridgehead atoms. The van der Waals surface area contributed by atoms with E-state index >= 15 is 0 Å². The highest BCUT2D eigenvalue weighted by Gasteiger charge is 2.21. The summed E-state index contributed by atoms with van der Waals surface area (Å²) in [4.78, 5) is 1.36. The Morgan fingerprint density at radius 3 is 3.19 bits per heavy atom. The van der Waals surface area contributed by atoms with E-state index in [4.69, 9.17) is 5.11 Å². The van der Waals surface area contributed by atoms with Gasteiger partial charge in [-0.05, 0) is 25.5 Å². The van der Waals surface area contributed by atoms with E-state index in [0.29, 0.717) is 5.25 Å². The summed E-state index contributed by atoms with van der Waals surface area (Å²) in [6.07, 6.45) is 0.873. The van der Waals surface area contributed by atoms with E-state index in [0.717, 1.165) is 13.0 Å². The number of hydrogen-bond acceptors (Lipinski definition) is 2. The minimum atomic E-state index is 0.281. The van der Waals surface area contributed by atoms with Gasteiger partial charge in [0.1, 0.15) is 0 Å². The molecule has 1 aromatic carbocycles. The van der Waals surface area contributed by atoms with Gasteiger partial charge in [-0.2, -0.15) is 0 Å². The third-order valence-electron chi connectivity index (χ3n) is 3.22. The minimum absolute atomic E-state index is 0.281. The summed E-state index contributed by atoms with van der Waals surface area (Å²) in [5, 5.41) is 10.9. The Hall–Kier alpha value is -0.930. The molecule has 0 amide bonds. The smallest absolute Gasteiger partial charge is 0.0621 e. The molecule has 0 radical (unpaired) electrons. The Kier molecular flexibility index (Phi) is 2.45. The average molecular weight is 233 g/mol. The van der Waals surface area contributed by atoms with Crippen molar-refractivity contribution in [1.82, 2.24) is 4.57 Å². The lowest BCUT2D eigenvalue weighted by molar-refractivity contribution is 0.283. The number of aliphatic hydroxyl groups is 1. The van der Waals surface area contributed by atoms with E-state index in [1.54, 1.807) is 0 Å². The van der Waals surface area contributed by atoms with Crippen LogP contribution in [0.15, 0.2) is 29.2 Å². The van der Waals surface area contributed by atoms with Crippen LogP contribution < -0.4 is 0 Å². The molecule has 1 aromatic heterocycles. The normalized spacial score (nSPS) is 19.2. The summed E-state index contributed by atoms with van der Waals surface area (Å²) in [5.41, 5.74) is 2.70. The van der Waals surface area contributed by atoms with Crippen LogP contribution in [0.1, 0.15) is 12.1 Å². The predicted octanol–water partition coefficient (Wildman–Crippen LogP) is 2.81. The molecule has 2 nitrogen and oxygen atoms in total. The van der Waals surface area contributed by atoms with Crippen molar-refractivity contribution in [3.63, 3.8) is 0 Å². The molecule has 16 heavy (non-hydrogen) atoms. The fourth-order valence-electron chi connectivity index (χ4n) is 2.47. The molecule has 2 aromatic rings. The van der Waals surface area contributed by atoms with Crippen molar-refractivity contribution in [2.24, 2.45) is 0 Å². The van der Waals surface area contributed by atoms with Gasteiger partial charge in [0.25, 0.3) is 0 Å².